The molecule has 0 fully saturated rings. The maximum Gasteiger partial charge on any atom is 0.416 e. The lowest BCUT2D eigenvalue weighted by Crippen LogP contribution is -2.04. The molecule has 0 saturated heterocycles. The van der Waals surface area contributed by atoms with Gasteiger partial charge in [0.25, 0.3) is 0 Å². The van der Waals surface area contributed by atoms with Crippen molar-refractivity contribution in [3.8, 4) is 0 Å². The van der Waals surface area contributed by atoms with Crippen molar-refractivity contribution in [1.29, 1.82) is 0 Å². The average Bonchev–Trinajstić information content (AvgIpc) is 2.80. The van der Waals surface area contributed by atoms with Crippen LogP contribution in [-0.2, 0) is 6.18 Å². The van der Waals surface area contributed by atoms with E-state index in [2.05, 4.69) is 4.98 Å². The molecule has 0 aliphatic heterocycles. The SMILES string of the molecule is Cl.FC(F)(F)c1ccc([CH]c2c[nH]c3cc(Cl)ccc23)cc1. The van der Waals surface area contributed by atoms with Crippen molar-refractivity contribution in [2.24, 2.45) is 0 Å². The molecule has 1 heterocycles. The summed E-state index contributed by atoms with van der Waals surface area (Å²) in [6.07, 6.45) is -0.679. The van der Waals surface area contributed by atoms with Gasteiger partial charge < -0.3 is 4.98 Å². The Hall–Kier alpha value is -1.65. The van der Waals surface area contributed by atoms with E-state index in [9.17, 15) is 13.2 Å². The van der Waals surface area contributed by atoms with Crippen LogP contribution >= 0.6 is 24.0 Å². The van der Waals surface area contributed by atoms with Gasteiger partial charge in [0, 0.05) is 28.5 Å². The van der Waals surface area contributed by atoms with Crippen LogP contribution in [0.1, 0.15) is 16.7 Å². The van der Waals surface area contributed by atoms with E-state index < -0.39 is 11.7 Å². The highest BCUT2D eigenvalue weighted by atomic mass is 35.5. The van der Waals surface area contributed by atoms with E-state index in [0.29, 0.717) is 10.6 Å². The Morgan fingerprint density at radius 1 is 1.00 bits per heavy atom. The van der Waals surface area contributed by atoms with Crippen molar-refractivity contribution >= 4 is 34.9 Å². The summed E-state index contributed by atoms with van der Waals surface area (Å²) in [6.45, 7) is 0. The maximum absolute atomic E-state index is 12.5. The summed E-state index contributed by atoms with van der Waals surface area (Å²) in [4.78, 5) is 3.09. The highest BCUT2D eigenvalue weighted by molar-refractivity contribution is 6.31. The van der Waals surface area contributed by atoms with Crippen LogP contribution in [0.15, 0.2) is 48.7 Å². The third-order valence-electron chi connectivity index (χ3n) is 3.24. The van der Waals surface area contributed by atoms with Crippen LogP contribution in [-0.4, -0.2) is 4.98 Å². The van der Waals surface area contributed by atoms with Crippen molar-refractivity contribution in [3.05, 3.63) is 76.8 Å². The third kappa shape index (κ3) is 3.39. The fourth-order valence-corrected chi connectivity index (χ4v) is 2.36. The summed E-state index contributed by atoms with van der Waals surface area (Å²) in [5.41, 5.74) is 1.85. The molecule has 3 rings (SSSR count). The molecule has 0 amide bonds. The zero-order valence-electron chi connectivity index (χ0n) is 11.1. The minimum atomic E-state index is -4.31. The van der Waals surface area contributed by atoms with Gasteiger partial charge in [-0.2, -0.15) is 13.2 Å². The molecule has 1 aromatic heterocycles. The van der Waals surface area contributed by atoms with Crippen molar-refractivity contribution in [2.75, 3.05) is 0 Å². The average molecular weight is 345 g/mol. The molecule has 6 heteroatoms. The highest BCUT2D eigenvalue weighted by Crippen LogP contribution is 2.30. The Bertz CT molecular complexity index is 776. The third-order valence-corrected chi connectivity index (χ3v) is 3.47. The summed E-state index contributed by atoms with van der Waals surface area (Å²) in [5, 5.41) is 1.60. The van der Waals surface area contributed by atoms with Crippen LogP contribution in [0.2, 0.25) is 5.02 Å². The summed E-state index contributed by atoms with van der Waals surface area (Å²) in [7, 11) is 0. The number of benzene rings is 2. The molecule has 0 unspecified atom stereocenters. The number of alkyl halides is 3. The van der Waals surface area contributed by atoms with Crippen molar-refractivity contribution in [3.63, 3.8) is 0 Å². The number of hydrogen-bond donors (Lipinski definition) is 1. The molecule has 22 heavy (non-hydrogen) atoms. The monoisotopic (exact) mass is 344 g/mol. The number of halogens is 5. The zero-order valence-corrected chi connectivity index (χ0v) is 12.7. The quantitative estimate of drug-likeness (QED) is 0.599. The Morgan fingerprint density at radius 2 is 1.68 bits per heavy atom. The largest absolute Gasteiger partial charge is 0.416 e. The normalized spacial score (nSPS) is 11.5. The smallest absolute Gasteiger partial charge is 0.361 e. The fraction of sp³-hybridized carbons (Fsp3) is 0.0625. The second kappa shape index (κ2) is 6.23. The van der Waals surface area contributed by atoms with E-state index in [4.69, 9.17) is 11.6 Å². The molecule has 1 nitrogen and oxygen atoms in total. The van der Waals surface area contributed by atoms with Gasteiger partial charge in [-0.1, -0.05) is 29.8 Å². The molecule has 0 aliphatic carbocycles. The second-order valence-corrected chi connectivity index (χ2v) is 5.13. The van der Waals surface area contributed by atoms with E-state index in [0.717, 1.165) is 28.6 Å². The summed E-state index contributed by atoms with van der Waals surface area (Å²) in [5.74, 6) is 0. The summed E-state index contributed by atoms with van der Waals surface area (Å²) < 4.78 is 37.5. The number of nitrogens with one attached hydrogen (secondary N) is 1. The lowest BCUT2D eigenvalue weighted by Gasteiger charge is -2.07. The van der Waals surface area contributed by atoms with Crippen LogP contribution < -0.4 is 0 Å². The molecule has 0 aliphatic rings. The first-order valence-electron chi connectivity index (χ1n) is 6.22. The molecule has 0 spiro atoms. The van der Waals surface area contributed by atoms with Gasteiger partial charge in [0.05, 0.1) is 5.56 Å². The van der Waals surface area contributed by atoms with Gasteiger partial charge in [0.15, 0.2) is 0 Å². The maximum atomic E-state index is 12.5. The Kier molecular flexibility index (Phi) is 4.73. The second-order valence-electron chi connectivity index (χ2n) is 4.70. The van der Waals surface area contributed by atoms with Gasteiger partial charge in [-0.3, -0.25) is 0 Å². The molecule has 3 aromatic rings. The minimum Gasteiger partial charge on any atom is -0.361 e. The highest BCUT2D eigenvalue weighted by Gasteiger charge is 2.29. The topological polar surface area (TPSA) is 15.8 Å². The predicted molar refractivity (Wildman–Crippen MR) is 84.5 cm³/mol. The number of fused-ring (bicyclic) bond motifs is 1. The van der Waals surface area contributed by atoms with Gasteiger partial charge >= 0.3 is 6.18 Å². The summed E-state index contributed by atoms with van der Waals surface area (Å²) in [6, 6.07) is 10.5. The first kappa shape index (κ1) is 16.7. The number of rotatable bonds is 2. The first-order chi connectivity index (χ1) is 9.93. The van der Waals surface area contributed by atoms with E-state index >= 15 is 0 Å². The number of aromatic nitrogens is 1. The Balaban J connectivity index is 0.00000176. The van der Waals surface area contributed by atoms with Crippen LogP contribution in [0.4, 0.5) is 13.2 Å². The van der Waals surface area contributed by atoms with Crippen LogP contribution in [0.3, 0.4) is 0 Å². The standard InChI is InChI=1S/C16H10ClF3N.ClH/c17-13-5-6-14-11(9-21-15(14)8-13)7-10-1-3-12(4-2-10)16(18,19)20;/h1-9,21H;1H. The van der Waals surface area contributed by atoms with E-state index in [1.807, 2.05) is 12.5 Å². The van der Waals surface area contributed by atoms with Crippen LogP contribution in [0.25, 0.3) is 10.9 Å². The molecular formula is C16H11Cl2F3N. The molecular weight excluding hydrogens is 334 g/mol. The van der Waals surface area contributed by atoms with Crippen molar-refractivity contribution in [1.82, 2.24) is 4.98 Å². The lowest BCUT2D eigenvalue weighted by atomic mass is 10.0. The van der Waals surface area contributed by atoms with E-state index in [-0.39, 0.29) is 12.4 Å². The van der Waals surface area contributed by atoms with E-state index in [1.165, 1.54) is 12.1 Å². The minimum absolute atomic E-state index is 0. The molecule has 0 bridgehead atoms. The predicted octanol–water partition coefficient (Wildman–Crippen LogP) is 5.86. The molecule has 1 radical (unpaired) electrons. The number of hydrogen-bond acceptors (Lipinski definition) is 0. The van der Waals surface area contributed by atoms with Crippen molar-refractivity contribution in [2.45, 2.75) is 6.18 Å². The van der Waals surface area contributed by atoms with Crippen LogP contribution in [0.5, 0.6) is 0 Å². The van der Waals surface area contributed by atoms with Gasteiger partial charge in [0.2, 0.25) is 0 Å². The molecule has 1 N–H and O–H groups in total. The van der Waals surface area contributed by atoms with E-state index in [1.54, 1.807) is 18.3 Å². The zero-order chi connectivity index (χ0) is 15.0. The van der Waals surface area contributed by atoms with Gasteiger partial charge in [-0.25, -0.2) is 0 Å². The Labute approximate surface area is 136 Å². The molecule has 115 valence electrons. The van der Waals surface area contributed by atoms with Gasteiger partial charge in [0.1, 0.15) is 0 Å². The molecule has 2 aromatic carbocycles. The Morgan fingerprint density at radius 3 is 2.32 bits per heavy atom. The summed E-state index contributed by atoms with van der Waals surface area (Å²) >= 11 is 5.91. The fourth-order valence-electron chi connectivity index (χ4n) is 2.19. The number of aromatic amines is 1. The molecule has 0 atom stereocenters. The van der Waals surface area contributed by atoms with Gasteiger partial charge in [-0.05, 0) is 35.4 Å². The lowest BCUT2D eigenvalue weighted by molar-refractivity contribution is -0.137. The van der Waals surface area contributed by atoms with Crippen molar-refractivity contribution < 1.29 is 13.2 Å². The number of H-pyrrole nitrogens is 1. The molecule has 0 saturated carbocycles. The van der Waals surface area contributed by atoms with Crippen LogP contribution in [0, 0.1) is 6.42 Å². The first-order valence-corrected chi connectivity index (χ1v) is 6.60. The van der Waals surface area contributed by atoms with Gasteiger partial charge in [-0.15, -0.1) is 12.4 Å².